The molecule has 4 amide bonds. The second-order valence-electron chi connectivity index (χ2n) is 14.2. The fraction of sp³-hybridized carbons (Fsp3) is 0.618. The summed E-state index contributed by atoms with van der Waals surface area (Å²) in [4.78, 5) is 59.5. The topological polar surface area (TPSA) is 150 Å². The number of β-amino-alcohol motifs (C(OH)–C–C–N with tert-alkyl or cyclic N) is 1. The molecule has 0 radical (unpaired) electrons. The van der Waals surface area contributed by atoms with Crippen molar-refractivity contribution in [3.05, 3.63) is 35.0 Å². The second-order valence-corrected chi connectivity index (χ2v) is 15.0. The Morgan fingerprint density at radius 1 is 1.15 bits per heavy atom. The van der Waals surface area contributed by atoms with E-state index < -0.39 is 41.0 Å². The van der Waals surface area contributed by atoms with Gasteiger partial charge in [0.1, 0.15) is 23.4 Å². The van der Waals surface area contributed by atoms with Crippen LogP contribution in [0.3, 0.4) is 0 Å². The zero-order valence-electron chi connectivity index (χ0n) is 29.1. The van der Waals surface area contributed by atoms with Crippen LogP contribution in [0.25, 0.3) is 10.4 Å². The highest BCUT2D eigenvalue weighted by Crippen LogP contribution is 2.32. The lowest BCUT2D eigenvalue weighted by atomic mass is 9.85. The van der Waals surface area contributed by atoms with E-state index in [1.807, 2.05) is 66.7 Å². The molecule has 3 atom stereocenters. The van der Waals surface area contributed by atoms with E-state index in [4.69, 9.17) is 9.47 Å². The van der Waals surface area contributed by atoms with Gasteiger partial charge in [0.15, 0.2) is 0 Å². The van der Waals surface area contributed by atoms with E-state index in [1.54, 1.807) is 17.5 Å². The molecule has 3 rings (SSSR count). The third-order valence-electron chi connectivity index (χ3n) is 7.70. The van der Waals surface area contributed by atoms with Gasteiger partial charge in [-0.1, -0.05) is 32.9 Å². The molecule has 0 unspecified atom stereocenters. The Balaban J connectivity index is 1.70. The molecule has 2 aromatic rings. The molecule has 0 bridgehead atoms. The number of nitrogens with one attached hydrogen (secondary N) is 2. The molecule has 13 heteroatoms. The van der Waals surface area contributed by atoms with E-state index in [9.17, 15) is 24.3 Å². The second kappa shape index (κ2) is 15.9. The van der Waals surface area contributed by atoms with E-state index >= 15 is 0 Å². The largest absolute Gasteiger partial charge is 0.493 e. The maximum absolute atomic E-state index is 13.6. The highest BCUT2D eigenvalue weighted by Gasteiger charge is 2.44. The van der Waals surface area contributed by atoms with E-state index in [-0.39, 0.29) is 31.5 Å². The van der Waals surface area contributed by atoms with Gasteiger partial charge in [0, 0.05) is 45.6 Å². The SMILES string of the molecule is CC(=O)N[C@H](C(=O)N1C[C@H](O)C[C@H]1C(=O)NCc1ccc(-c2scnc2C)cc1OCCCCN(C)C(=O)OC(C)(C)C)C(C)(C)C. The molecular weight excluding hydrogens is 622 g/mol. The molecule has 3 N–H and O–H groups in total. The highest BCUT2D eigenvalue weighted by atomic mass is 32.1. The summed E-state index contributed by atoms with van der Waals surface area (Å²) < 4.78 is 11.6. The predicted molar refractivity (Wildman–Crippen MR) is 181 cm³/mol. The van der Waals surface area contributed by atoms with Gasteiger partial charge in [-0.25, -0.2) is 9.78 Å². The zero-order valence-corrected chi connectivity index (χ0v) is 30.0. The molecule has 1 aliphatic heterocycles. The fourth-order valence-corrected chi connectivity index (χ4v) is 6.05. The van der Waals surface area contributed by atoms with Gasteiger partial charge in [0.05, 0.1) is 28.8 Å². The molecule has 0 spiro atoms. The maximum atomic E-state index is 13.6. The molecule has 1 saturated heterocycles. The number of aryl methyl sites for hydroxylation is 1. The average molecular weight is 674 g/mol. The first-order chi connectivity index (χ1) is 21.9. The van der Waals surface area contributed by atoms with E-state index in [0.29, 0.717) is 31.7 Å². The van der Waals surface area contributed by atoms with Crippen LogP contribution in [0, 0.1) is 12.3 Å². The molecule has 2 heterocycles. The molecule has 12 nitrogen and oxygen atoms in total. The van der Waals surface area contributed by atoms with Crippen LogP contribution in [0.2, 0.25) is 0 Å². The van der Waals surface area contributed by atoms with Crippen molar-refractivity contribution in [2.24, 2.45) is 5.41 Å². The highest BCUT2D eigenvalue weighted by molar-refractivity contribution is 7.13. The number of carbonyl (C=O) groups excluding carboxylic acids is 4. The van der Waals surface area contributed by atoms with Crippen LogP contribution < -0.4 is 15.4 Å². The molecule has 47 heavy (non-hydrogen) atoms. The summed E-state index contributed by atoms with van der Waals surface area (Å²) in [6, 6.07) is 4.06. The molecule has 1 aromatic carbocycles. The number of nitrogens with zero attached hydrogens (tertiary/aromatic N) is 3. The Kier molecular flexibility index (Phi) is 12.8. The molecule has 0 aliphatic carbocycles. The summed E-state index contributed by atoms with van der Waals surface area (Å²) in [6.07, 6.45) is 0.255. The Morgan fingerprint density at radius 3 is 2.45 bits per heavy atom. The summed E-state index contributed by atoms with van der Waals surface area (Å²) in [6.45, 7) is 15.4. The van der Waals surface area contributed by atoms with Crippen LogP contribution >= 0.6 is 11.3 Å². The smallest absolute Gasteiger partial charge is 0.410 e. The van der Waals surface area contributed by atoms with Crippen LogP contribution in [0.15, 0.2) is 23.7 Å². The number of aliphatic hydroxyl groups is 1. The van der Waals surface area contributed by atoms with Crippen molar-refractivity contribution in [3.8, 4) is 16.2 Å². The van der Waals surface area contributed by atoms with Gasteiger partial charge in [-0.2, -0.15) is 0 Å². The third kappa shape index (κ3) is 10.9. The predicted octanol–water partition coefficient (Wildman–Crippen LogP) is 4.27. The first kappa shape index (κ1) is 37.7. The number of likely N-dealkylation sites (tertiary alicyclic amines) is 1. The Bertz CT molecular complexity index is 1410. The molecule has 1 aliphatic rings. The van der Waals surface area contributed by atoms with E-state index in [1.165, 1.54) is 23.2 Å². The lowest BCUT2D eigenvalue weighted by Crippen LogP contribution is -2.57. The van der Waals surface area contributed by atoms with Crippen molar-refractivity contribution in [2.75, 3.05) is 26.7 Å². The minimum absolute atomic E-state index is 0.00343. The molecule has 0 saturated carbocycles. The number of rotatable bonds is 12. The van der Waals surface area contributed by atoms with Crippen LogP contribution in [-0.4, -0.2) is 94.2 Å². The Labute approximate surface area is 282 Å². The number of thiazole rings is 1. The van der Waals surface area contributed by atoms with Crippen LogP contribution in [-0.2, 0) is 25.7 Å². The van der Waals surface area contributed by atoms with Gasteiger partial charge in [-0.15, -0.1) is 11.3 Å². The third-order valence-corrected chi connectivity index (χ3v) is 8.68. The average Bonchev–Trinajstić information content (AvgIpc) is 3.58. The Hall–Kier alpha value is -3.71. The van der Waals surface area contributed by atoms with Gasteiger partial charge in [-0.05, 0) is 57.6 Å². The van der Waals surface area contributed by atoms with Gasteiger partial charge in [-0.3, -0.25) is 14.4 Å². The fourth-order valence-electron chi connectivity index (χ4n) is 5.24. The summed E-state index contributed by atoms with van der Waals surface area (Å²) in [5, 5.41) is 16.1. The normalized spacial score (nSPS) is 17.2. The number of benzene rings is 1. The van der Waals surface area contributed by atoms with Crippen molar-refractivity contribution >= 4 is 35.2 Å². The minimum Gasteiger partial charge on any atom is -0.493 e. The van der Waals surface area contributed by atoms with Gasteiger partial charge < -0.3 is 35.0 Å². The quantitative estimate of drug-likeness (QED) is 0.283. The van der Waals surface area contributed by atoms with Crippen molar-refractivity contribution in [1.29, 1.82) is 0 Å². The van der Waals surface area contributed by atoms with Crippen molar-refractivity contribution in [2.45, 2.75) is 105 Å². The summed E-state index contributed by atoms with van der Waals surface area (Å²) in [5.41, 5.74) is 3.23. The van der Waals surface area contributed by atoms with Crippen LogP contribution in [0.1, 0.15) is 79.0 Å². The summed E-state index contributed by atoms with van der Waals surface area (Å²) >= 11 is 1.53. The van der Waals surface area contributed by atoms with Crippen molar-refractivity contribution in [3.63, 3.8) is 0 Å². The van der Waals surface area contributed by atoms with Gasteiger partial charge in [0.2, 0.25) is 17.7 Å². The zero-order chi connectivity index (χ0) is 35.1. The number of aromatic nitrogens is 1. The van der Waals surface area contributed by atoms with Gasteiger partial charge >= 0.3 is 6.09 Å². The summed E-state index contributed by atoms with van der Waals surface area (Å²) in [5.74, 6) is -0.550. The van der Waals surface area contributed by atoms with Gasteiger partial charge in [0.25, 0.3) is 0 Å². The summed E-state index contributed by atoms with van der Waals surface area (Å²) in [7, 11) is 1.71. The number of hydrogen-bond acceptors (Lipinski definition) is 9. The first-order valence-electron chi connectivity index (χ1n) is 16.0. The van der Waals surface area contributed by atoms with E-state index in [2.05, 4.69) is 15.6 Å². The minimum atomic E-state index is -0.887. The number of aliphatic hydroxyl groups excluding tert-OH is 1. The number of ether oxygens (including phenoxy) is 2. The standard InChI is InChI=1S/C34H51N5O7S/c1-21-28(47-20-36-21)23-12-13-24(27(16-23)45-15-11-10-14-38(9)32(44)46-34(6,7)8)18-35-30(42)26-17-25(41)19-39(26)31(43)29(33(3,4)5)37-22(2)40/h12-13,16,20,25-26,29,41H,10-11,14-15,17-19H2,1-9H3,(H,35,42)(H,37,40)/t25-,26+,29-/m1/s1. The number of amides is 4. The molecular formula is C34H51N5O7S. The number of carbonyl (C=O) groups is 4. The first-order valence-corrected chi connectivity index (χ1v) is 16.9. The monoisotopic (exact) mass is 673 g/mol. The lowest BCUT2D eigenvalue weighted by Gasteiger charge is -2.35. The van der Waals surface area contributed by atoms with Crippen molar-refractivity contribution < 1.29 is 33.8 Å². The van der Waals surface area contributed by atoms with Crippen LogP contribution in [0.5, 0.6) is 5.75 Å². The van der Waals surface area contributed by atoms with E-state index in [0.717, 1.165) is 21.7 Å². The maximum Gasteiger partial charge on any atom is 0.410 e. The molecule has 1 fully saturated rings. The molecule has 1 aromatic heterocycles. The number of hydrogen-bond donors (Lipinski definition) is 3. The van der Waals surface area contributed by atoms with Crippen LogP contribution in [0.4, 0.5) is 4.79 Å². The number of unbranched alkanes of at least 4 members (excludes halogenated alkanes) is 1. The molecule has 260 valence electrons. The van der Waals surface area contributed by atoms with Crippen molar-refractivity contribution in [1.82, 2.24) is 25.4 Å². The lowest BCUT2D eigenvalue weighted by molar-refractivity contribution is -0.143. The Morgan fingerprint density at radius 2 is 1.85 bits per heavy atom.